The maximum Gasteiger partial charge on any atom is 0.407 e. The Morgan fingerprint density at radius 1 is 1.29 bits per heavy atom. The summed E-state index contributed by atoms with van der Waals surface area (Å²) in [5.74, 6) is 0. The van der Waals surface area contributed by atoms with E-state index < -0.39 is 11.7 Å². The smallest absolute Gasteiger partial charge is 0.407 e. The Morgan fingerprint density at radius 2 is 1.94 bits per heavy atom. The molecule has 0 aliphatic heterocycles. The van der Waals surface area contributed by atoms with E-state index in [1.807, 2.05) is 63.3 Å². The van der Waals surface area contributed by atoms with Crippen LogP contribution in [0.25, 0.3) is 6.08 Å². The summed E-state index contributed by atoms with van der Waals surface area (Å²) in [6, 6.07) is 9.92. The minimum Gasteiger partial charge on any atom is -0.444 e. The van der Waals surface area contributed by atoms with Crippen molar-refractivity contribution in [2.24, 2.45) is 0 Å². The van der Waals surface area contributed by atoms with Crippen LogP contribution in [0.5, 0.6) is 0 Å². The third-order valence-corrected chi connectivity index (χ3v) is 1.87. The second-order valence-corrected chi connectivity index (χ2v) is 4.70. The van der Waals surface area contributed by atoms with Gasteiger partial charge in [-0.25, -0.2) is 4.79 Å². The van der Waals surface area contributed by atoms with Crippen LogP contribution in [0.15, 0.2) is 36.4 Å². The fraction of sp³-hybridized carbons (Fsp3) is 0.357. The lowest BCUT2D eigenvalue weighted by atomic mass is 10.2. The molecule has 1 aromatic rings. The topological polar surface area (TPSA) is 38.3 Å². The van der Waals surface area contributed by atoms with Gasteiger partial charge in [0.15, 0.2) is 0 Å². The van der Waals surface area contributed by atoms with Crippen molar-refractivity contribution in [2.75, 3.05) is 6.54 Å². The van der Waals surface area contributed by atoms with Gasteiger partial charge in [-0.05, 0) is 26.3 Å². The summed E-state index contributed by atoms with van der Waals surface area (Å²) in [5, 5.41) is 2.66. The van der Waals surface area contributed by atoms with Crippen LogP contribution in [0.2, 0.25) is 0 Å². The van der Waals surface area contributed by atoms with E-state index in [4.69, 9.17) is 4.74 Å². The molecule has 92 valence electrons. The molecular weight excluding hydrogens is 214 g/mol. The van der Waals surface area contributed by atoms with Crippen molar-refractivity contribution >= 4 is 12.2 Å². The first-order valence-electron chi connectivity index (χ1n) is 5.66. The number of alkyl carbamates (subject to hydrolysis) is 1. The van der Waals surface area contributed by atoms with Gasteiger partial charge in [0.05, 0.1) is 0 Å². The summed E-state index contributed by atoms with van der Waals surface area (Å²) < 4.78 is 5.11. The normalized spacial score (nSPS) is 11.5. The van der Waals surface area contributed by atoms with Gasteiger partial charge in [0.25, 0.3) is 0 Å². The molecule has 0 fully saturated rings. The predicted octanol–water partition coefficient (Wildman–Crippen LogP) is 3.22. The number of rotatable bonds is 3. The number of carbonyl (C=O) groups excluding carboxylic acids is 1. The summed E-state index contributed by atoms with van der Waals surface area (Å²) in [6.07, 6.45) is 3.45. The molecule has 1 aromatic carbocycles. The van der Waals surface area contributed by atoms with Crippen molar-refractivity contribution in [1.29, 1.82) is 0 Å². The van der Waals surface area contributed by atoms with Crippen LogP contribution in [0.3, 0.4) is 0 Å². The van der Waals surface area contributed by atoms with Crippen molar-refractivity contribution in [3.63, 3.8) is 0 Å². The highest BCUT2D eigenvalue weighted by Crippen LogP contribution is 2.06. The van der Waals surface area contributed by atoms with Gasteiger partial charge in [0, 0.05) is 6.54 Å². The molecule has 0 aliphatic rings. The Morgan fingerprint density at radius 3 is 2.53 bits per heavy atom. The lowest BCUT2D eigenvalue weighted by Gasteiger charge is -2.19. The van der Waals surface area contributed by atoms with Crippen LogP contribution in [0, 0.1) is 0 Å². The van der Waals surface area contributed by atoms with E-state index in [0.29, 0.717) is 6.54 Å². The van der Waals surface area contributed by atoms with Gasteiger partial charge in [0.2, 0.25) is 0 Å². The molecule has 0 saturated carbocycles. The van der Waals surface area contributed by atoms with E-state index in [-0.39, 0.29) is 0 Å². The molecule has 17 heavy (non-hydrogen) atoms. The quantitative estimate of drug-likeness (QED) is 0.870. The van der Waals surface area contributed by atoms with Gasteiger partial charge < -0.3 is 10.1 Å². The summed E-state index contributed by atoms with van der Waals surface area (Å²) in [5.41, 5.74) is 0.659. The fourth-order valence-electron chi connectivity index (χ4n) is 1.22. The molecular formula is C14H19NO2. The minimum atomic E-state index is -0.451. The van der Waals surface area contributed by atoms with Gasteiger partial charge in [-0.2, -0.15) is 0 Å². The molecule has 1 N–H and O–H groups in total. The molecule has 0 unspecified atom stereocenters. The molecule has 0 bridgehead atoms. The molecule has 0 atom stereocenters. The maximum absolute atomic E-state index is 11.3. The number of hydrogen-bond acceptors (Lipinski definition) is 2. The third kappa shape index (κ3) is 6.40. The second-order valence-electron chi connectivity index (χ2n) is 4.70. The molecule has 0 saturated heterocycles. The summed E-state index contributed by atoms with van der Waals surface area (Å²) in [7, 11) is 0. The molecule has 0 radical (unpaired) electrons. The molecule has 0 spiro atoms. The average molecular weight is 233 g/mol. The van der Waals surface area contributed by atoms with Gasteiger partial charge in [-0.15, -0.1) is 0 Å². The summed E-state index contributed by atoms with van der Waals surface area (Å²) in [6.45, 7) is 5.98. The number of hydrogen-bond donors (Lipinski definition) is 1. The van der Waals surface area contributed by atoms with Gasteiger partial charge in [0.1, 0.15) is 5.60 Å². The molecule has 1 rings (SSSR count). The van der Waals surface area contributed by atoms with E-state index in [0.717, 1.165) is 5.56 Å². The van der Waals surface area contributed by atoms with Crippen molar-refractivity contribution in [1.82, 2.24) is 5.32 Å². The van der Waals surface area contributed by atoms with E-state index in [2.05, 4.69) is 5.32 Å². The van der Waals surface area contributed by atoms with Crippen molar-refractivity contribution in [3.05, 3.63) is 42.0 Å². The van der Waals surface area contributed by atoms with E-state index in [1.54, 1.807) is 0 Å². The number of ether oxygens (including phenoxy) is 1. The van der Waals surface area contributed by atoms with Gasteiger partial charge in [-0.1, -0.05) is 42.5 Å². The lowest BCUT2D eigenvalue weighted by Crippen LogP contribution is -2.32. The standard InChI is InChI=1S/C14H19NO2/c1-14(2,3)17-13(16)15-11-7-10-12-8-5-4-6-9-12/h4-10H,11H2,1-3H3,(H,15,16). The van der Waals surface area contributed by atoms with Crippen LogP contribution >= 0.6 is 0 Å². The Balaban J connectivity index is 2.29. The summed E-state index contributed by atoms with van der Waals surface area (Å²) in [4.78, 5) is 11.3. The van der Waals surface area contributed by atoms with Crippen LogP contribution in [-0.2, 0) is 4.74 Å². The first kappa shape index (κ1) is 13.3. The fourth-order valence-corrected chi connectivity index (χ4v) is 1.22. The number of benzene rings is 1. The van der Waals surface area contributed by atoms with Crippen LogP contribution in [0.4, 0.5) is 4.79 Å². The number of amides is 1. The Bertz CT molecular complexity index is 377. The van der Waals surface area contributed by atoms with Crippen molar-refractivity contribution in [3.8, 4) is 0 Å². The van der Waals surface area contributed by atoms with Crippen LogP contribution in [-0.4, -0.2) is 18.2 Å². The minimum absolute atomic E-state index is 0.393. The average Bonchev–Trinajstić information content (AvgIpc) is 2.23. The van der Waals surface area contributed by atoms with Crippen molar-refractivity contribution in [2.45, 2.75) is 26.4 Å². The maximum atomic E-state index is 11.3. The molecule has 0 aromatic heterocycles. The Labute approximate surface area is 102 Å². The zero-order chi connectivity index (χ0) is 12.7. The first-order valence-corrected chi connectivity index (χ1v) is 5.66. The molecule has 3 nitrogen and oxygen atoms in total. The van der Waals surface area contributed by atoms with E-state index >= 15 is 0 Å². The van der Waals surface area contributed by atoms with E-state index in [1.165, 1.54) is 0 Å². The van der Waals surface area contributed by atoms with Crippen LogP contribution < -0.4 is 5.32 Å². The predicted molar refractivity (Wildman–Crippen MR) is 69.7 cm³/mol. The highest BCUT2D eigenvalue weighted by atomic mass is 16.6. The number of nitrogens with one attached hydrogen (secondary N) is 1. The van der Waals surface area contributed by atoms with Gasteiger partial charge in [-0.3, -0.25) is 0 Å². The molecule has 1 amide bonds. The lowest BCUT2D eigenvalue weighted by molar-refractivity contribution is 0.0534. The largest absolute Gasteiger partial charge is 0.444 e. The van der Waals surface area contributed by atoms with E-state index in [9.17, 15) is 4.79 Å². The van der Waals surface area contributed by atoms with Crippen molar-refractivity contribution < 1.29 is 9.53 Å². The van der Waals surface area contributed by atoms with Crippen LogP contribution in [0.1, 0.15) is 26.3 Å². The molecule has 0 heterocycles. The second kappa shape index (κ2) is 6.09. The highest BCUT2D eigenvalue weighted by molar-refractivity contribution is 5.68. The summed E-state index contributed by atoms with van der Waals surface area (Å²) >= 11 is 0. The highest BCUT2D eigenvalue weighted by Gasteiger charge is 2.14. The SMILES string of the molecule is CC(C)(C)OC(=O)NCC=Cc1ccccc1. The zero-order valence-corrected chi connectivity index (χ0v) is 10.6. The third-order valence-electron chi connectivity index (χ3n) is 1.87. The Kier molecular flexibility index (Phi) is 4.76. The molecule has 3 heteroatoms. The first-order chi connectivity index (χ1) is 7.97. The zero-order valence-electron chi connectivity index (χ0n) is 10.6. The Hall–Kier alpha value is -1.77. The molecule has 0 aliphatic carbocycles. The monoisotopic (exact) mass is 233 g/mol. The number of carbonyl (C=O) groups is 1. The van der Waals surface area contributed by atoms with Gasteiger partial charge >= 0.3 is 6.09 Å².